The van der Waals surface area contributed by atoms with Gasteiger partial charge in [-0.15, -0.1) is 11.3 Å². The minimum Gasteiger partial charge on any atom is -0.383 e. The van der Waals surface area contributed by atoms with E-state index in [1.54, 1.807) is 6.07 Å². The Morgan fingerprint density at radius 3 is 3.00 bits per heavy atom. The zero-order valence-corrected chi connectivity index (χ0v) is 10.9. The normalized spacial score (nSPS) is 18.7. The molecular formula is C12H15N5S. The first-order chi connectivity index (χ1) is 8.65. The van der Waals surface area contributed by atoms with Crippen LogP contribution in [0.3, 0.4) is 0 Å². The molecule has 1 unspecified atom stereocenters. The second kappa shape index (κ2) is 4.13. The Hall–Kier alpha value is -1.82. The second-order valence-electron chi connectivity index (χ2n) is 4.43. The van der Waals surface area contributed by atoms with Gasteiger partial charge in [0.25, 0.3) is 0 Å². The third kappa shape index (κ3) is 1.78. The molecule has 6 heteroatoms. The van der Waals surface area contributed by atoms with Gasteiger partial charge in [-0.05, 0) is 30.4 Å². The standard InChI is InChI=1S/C12H15N5S/c1-7-8-3-5-18-9(8)2-4-17(7)11-6-10(13)15-12(14)16-11/h3,5-7H,2,4H2,1H3,(H4,13,14,15,16). The number of rotatable bonds is 1. The number of hydrogen-bond acceptors (Lipinski definition) is 6. The van der Waals surface area contributed by atoms with Gasteiger partial charge in [0.1, 0.15) is 11.6 Å². The van der Waals surface area contributed by atoms with Crippen LogP contribution < -0.4 is 16.4 Å². The molecule has 1 atom stereocenters. The second-order valence-corrected chi connectivity index (χ2v) is 5.43. The van der Waals surface area contributed by atoms with E-state index >= 15 is 0 Å². The molecule has 0 fully saturated rings. The number of aromatic nitrogens is 2. The van der Waals surface area contributed by atoms with Gasteiger partial charge < -0.3 is 16.4 Å². The Morgan fingerprint density at radius 1 is 1.39 bits per heavy atom. The first-order valence-corrected chi connectivity index (χ1v) is 6.76. The highest BCUT2D eigenvalue weighted by molar-refractivity contribution is 7.10. The molecule has 2 aromatic rings. The van der Waals surface area contributed by atoms with Gasteiger partial charge in [0, 0.05) is 17.5 Å². The van der Waals surface area contributed by atoms with Crippen LogP contribution in [0.1, 0.15) is 23.4 Å². The van der Waals surface area contributed by atoms with Crippen molar-refractivity contribution in [2.75, 3.05) is 22.9 Å². The van der Waals surface area contributed by atoms with Crippen LogP contribution in [0, 0.1) is 0 Å². The van der Waals surface area contributed by atoms with Gasteiger partial charge in [-0.25, -0.2) is 0 Å². The van der Waals surface area contributed by atoms with Crippen LogP contribution >= 0.6 is 11.3 Å². The molecule has 0 bridgehead atoms. The van der Waals surface area contributed by atoms with Crippen LogP contribution in [0.15, 0.2) is 17.5 Å². The summed E-state index contributed by atoms with van der Waals surface area (Å²) in [5.41, 5.74) is 12.8. The van der Waals surface area contributed by atoms with Crippen LogP contribution in [0.25, 0.3) is 0 Å². The Morgan fingerprint density at radius 2 is 2.22 bits per heavy atom. The van der Waals surface area contributed by atoms with Crippen molar-refractivity contribution < 1.29 is 0 Å². The van der Waals surface area contributed by atoms with E-state index in [2.05, 4.69) is 33.2 Å². The first kappa shape index (κ1) is 11.3. The molecule has 0 aromatic carbocycles. The van der Waals surface area contributed by atoms with Crippen molar-refractivity contribution in [3.63, 3.8) is 0 Å². The van der Waals surface area contributed by atoms with Gasteiger partial charge in [0.05, 0.1) is 6.04 Å². The number of fused-ring (bicyclic) bond motifs is 1. The van der Waals surface area contributed by atoms with Crippen molar-refractivity contribution in [2.45, 2.75) is 19.4 Å². The van der Waals surface area contributed by atoms with Gasteiger partial charge in [-0.1, -0.05) is 0 Å². The van der Waals surface area contributed by atoms with E-state index in [4.69, 9.17) is 11.5 Å². The summed E-state index contributed by atoms with van der Waals surface area (Å²) in [4.78, 5) is 11.9. The monoisotopic (exact) mass is 261 g/mol. The lowest BCUT2D eigenvalue weighted by Gasteiger charge is -2.34. The van der Waals surface area contributed by atoms with E-state index in [1.165, 1.54) is 10.4 Å². The summed E-state index contributed by atoms with van der Waals surface area (Å²) in [7, 11) is 0. The summed E-state index contributed by atoms with van der Waals surface area (Å²) in [6.07, 6.45) is 1.04. The predicted molar refractivity (Wildman–Crippen MR) is 74.6 cm³/mol. The van der Waals surface area contributed by atoms with Gasteiger partial charge in [0.15, 0.2) is 0 Å². The van der Waals surface area contributed by atoms with Crippen LogP contribution in [-0.4, -0.2) is 16.5 Å². The summed E-state index contributed by atoms with van der Waals surface area (Å²) in [6, 6.07) is 4.27. The van der Waals surface area contributed by atoms with Crippen molar-refractivity contribution in [1.29, 1.82) is 0 Å². The molecule has 0 spiro atoms. The summed E-state index contributed by atoms with van der Waals surface area (Å²) in [5.74, 6) is 1.46. The maximum atomic E-state index is 5.73. The molecule has 0 aliphatic carbocycles. The highest BCUT2D eigenvalue weighted by atomic mass is 32.1. The van der Waals surface area contributed by atoms with E-state index in [9.17, 15) is 0 Å². The van der Waals surface area contributed by atoms with Crippen LogP contribution in [0.4, 0.5) is 17.6 Å². The third-order valence-electron chi connectivity index (χ3n) is 3.32. The van der Waals surface area contributed by atoms with Crippen molar-refractivity contribution in [3.05, 3.63) is 28.0 Å². The zero-order valence-electron chi connectivity index (χ0n) is 10.1. The average Bonchev–Trinajstić information content (AvgIpc) is 2.77. The largest absolute Gasteiger partial charge is 0.383 e. The summed E-state index contributed by atoms with van der Waals surface area (Å²) < 4.78 is 0. The minimum atomic E-state index is 0.230. The molecular weight excluding hydrogens is 246 g/mol. The summed E-state index contributed by atoms with van der Waals surface area (Å²) in [6.45, 7) is 3.11. The molecule has 5 nitrogen and oxygen atoms in total. The van der Waals surface area contributed by atoms with Crippen molar-refractivity contribution in [2.24, 2.45) is 0 Å². The topological polar surface area (TPSA) is 81.1 Å². The molecule has 18 heavy (non-hydrogen) atoms. The smallest absolute Gasteiger partial charge is 0.223 e. The molecule has 3 heterocycles. The van der Waals surface area contributed by atoms with E-state index in [0.717, 1.165) is 18.8 Å². The summed E-state index contributed by atoms with van der Waals surface area (Å²) in [5, 5.41) is 2.15. The molecule has 94 valence electrons. The van der Waals surface area contributed by atoms with Crippen LogP contribution in [0.2, 0.25) is 0 Å². The highest BCUT2D eigenvalue weighted by Crippen LogP contribution is 2.35. The summed E-state index contributed by atoms with van der Waals surface area (Å²) >= 11 is 1.82. The zero-order chi connectivity index (χ0) is 12.7. The number of thiophene rings is 1. The fraction of sp³-hybridized carbons (Fsp3) is 0.333. The Kier molecular flexibility index (Phi) is 2.59. The van der Waals surface area contributed by atoms with E-state index < -0.39 is 0 Å². The lowest BCUT2D eigenvalue weighted by Crippen LogP contribution is -2.34. The highest BCUT2D eigenvalue weighted by Gasteiger charge is 2.26. The number of nitrogen functional groups attached to an aromatic ring is 2. The van der Waals surface area contributed by atoms with Crippen LogP contribution in [0.5, 0.6) is 0 Å². The van der Waals surface area contributed by atoms with Gasteiger partial charge in [-0.2, -0.15) is 9.97 Å². The third-order valence-corrected chi connectivity index (χ3v) is 4.32. The number of hydrogen-bond donors (Lipinski definition) is 2. The molecule has 3 rings (SSSR count). The molecule has 0 saturated heterocycles. The minimum absolute atomic E-state index is 0.230. The fourth-order valence-corrected chi connectivity index (χ4v) is 3.40. The Balaban J connectivity index is 1.99. The predicted octanol–water partition coefficient (Wildman–Crippen LogP) is 1.83. The van der Waals surface area contributed by atoms with Crippen molar-refractivity contribution >= 4 is 28.9 Å². The van der Waals surface area contributed by atoms with E-state index in [-0.39, 0.29) is 5.95 Å². The van der Waals surface area contributed by atoms with Gasteiger partial charge >= 0.3 is 0 Å². The molecule has 0 saturated carbocycles. The molecule has 1 aliphatic rings. The molecule has 0 radical (unpaired) electrons. The molecule has 4 N–H and O–H groups in total. The van der Waals surface area contributed by atoms with Crippen molar-refractivity contribution in [1.82, 2.24) is 9.97 Å². The van der Waals surface area contributed by atoms with E-state index in [1.807, 2.05) is 11.3 Å². The lowest BCUT2D eigenvalue weighted by molar-refractivity contribution is 0.625. The maximum Gasteiger partial charge on any atom is 0.223 e. The van der Waals surface area contributed by atoms with Gasteiger partial charge in [-0.3, -0.25) is 0 Å². The number of anilines is 3. The quantitative estimate of drug-likeness (QED) is 0.818. The molecule has 2 aromatic heterocycles. The van der Waals surface area contributed by atoms with Crippen molar-refractivity contribution in [3.8, 4) is 0 Å². The van der Waals surface area contributed by atoms with E-state index in [0.29, 0.717) is 11.9 Å². The lowest BCUT2D eigenvalue weighted by atomic mass is 10.0. The first-order valence-electron chi connectivity index (χ1n) is 5.88. The SMILES string of the molecule is CC1c2ccsc2CCN1c1cc(N)nc(N)n1. The van der Waals surface area contributed by atoms with Gasteiger partial charge in [0.2, 0.25) is 5.95 Å². The molecule has 0 amide bonds. The maximum absolute atomic E-state index is 5.73. The number of nitrogens with two attached hydrogens (primary N) is 2. The average molecular weight is 261 g/mol. The van der Waals surface area contributed by atoms with Crippen LogP contribution in [-0.2, 0) is 6.42 Å². The fourth-order valence-electron chi connectivity index (χ4n) is 2.44. The Labute approximate surface area is 109 Å². The molecule has 1 aliphatic heterocycles. The Bertz CT molecular complexity index is 559. The number of nitrogens with zero attached hydrogens (tertiary/aromatic N) is 3.